The first-order valence-electron chi connectivity index (χ1n) is 6.46. The van der Waals surface area contributed by atoms with Crippen LogP contribution in [0.15, 0.2) is 0 Å². The zero-order valence-corrected chi connectivity index (χ0v) is 11.9. The minimum atomic E-state index is -3.70. The summed E-state index contributed by atoms with van der Waals surface area (Å²) in [6.07, 6.45) is 3.42. The molecule has 1 saturated carbocycles. The van der Waals surface area contributed by atoms with Gasteiger partial charge in [-0.3, -0.25) is 4.79 Å². The van der Waals surface area contributed by atoms with E-state index in [0.717, 1.165) is 17.1 Å². The van der Waals surface area contributed by atoms with Gasteiger partial charge in [-0.2, -0.15) is 9.57 Å². The molecule has 1 aliphatic rings. The number of carbonyl (C=O) groups is 1. The second-order valence-electron chi connectivity index (χ2n) is 5.08. The maximum Gasteiger partial charge on any atom is 0.318 e. The second kappa shape index (κ2) is 6.35. The van der Waals surface area contributed by atoms with Crippen LogP contribution in [0.4, 0.5) is 0 Å². The number of sulfonamides is 1. The Hall–Kier alpha value is -1.13. The number of nitrogens with zero attached hydrogens (tertiary/aromatic N) is 2. The summed E-state index contributed by atoms with van der Waals surface area (Å²) >= 11 is 0. The summed E-state index contributed by atoms with van der Waals surface area (Å²) in [5, 5.41) is 18.0. The van der Waals surface area contributed by atoms with Gasteiger partial charge in [-0.15, -0.1) is 0 Å². The average Bonchev–Trinajstić information content (AvgIpc) is 2.76. The summed E-state index contributed by atoms with van der Waals surface area (Å²) in [6.45, 7) is 1.44. The van der Waals surface area contributed by atoms with Crippen LogP contribution in [0.25, 0.3) is 0 Å². The van der Waals surface area contributed by atoms with Gasteiger partial charge in [-0.25, -0.2) is 8.42 Å². The van der Waals surface area contributed by atoms with Crippen molar-refractivity contribution in [3.05, 3.63) is 0 Å². The molecule has 1 rings (SSSR count). The number of rotatable bonds is 7. The summed E-state index contributed by atoms with van der Waals surface area (Å²) in [5.41, 5.74) is -0.830. The van der Waals surface area contributed by atoms with Gasteiger partial charge in [0.05, 0.1) is 17.2 Å². The van der Waals surface area contributed by atoms with Crippen LogP contribution < -0.4 is 0 Å². The Morgan fingerprint density at radius 1 is 1.42 bits per heavy atom. The molecule has 0 bridgehead atoms. The van der Waals surface area contributed by atoms with Gasteiger partial charge in [-0.1, -0.05) is 19.8 Å². The highest BCUT2D eigenvalue weighted by Gasteiger charge is 2.40. The van der Waals surface area contributed by atoms with Crippen LogP contribution in [0, 0.1) is 16.7 Å². The van der Waals surface area contributed by atoms with Crippen molar-refractivity contribution in [2.24, 2.45) is 5.41 Å². The predicted octanol–water partition coefficient (Wildman–Crippen LogP) is 1.20. The lowest BCUT2D eigenvalue weighted by molar-refractivity contribution is -0.137. The number of carboxylic acid groups (broad SMARTS) is 1. The molecule has 1 N–H and O–H groups in total. The highest BCUT2D eigenvalue weighted by atomic mass is 32.2. The van der Waals surface area contributed by atoms with Gasteiger partial charge in [0.25, 0.3) is 0 Å². The largest absolute Gasteiger partial charge is 0.480 e. The van der Waals surface area contributed by atoms with Crippen molar-refractivity contribution in [1.82, 2.24) is 4.31 Å². The molecule has 0 aromatic rings. The van der Waals surface area contributed by atoms with Gasteiger partial charge in [0, 0.05) is 6.54 Å². The Morgan fingerprint density at radius 2 is 2.00 bits per heavy atom. The summed E-state index contributed by atoms with van der Waals surface area (Å²) in [6, 6.07) is 2.13. The van der Waals surface area contributed by atoms with E-state index in [0.29, 0.717) is 19.3 Å². The van der Waals surface area contributed by atoms with E-state index in [2.05, 4.69) is 6.07 Å². The number of hydrogen-bond acceptors (Lipinski definition) is 4. The first-order chi connectivity index (χ1) is 8.85. The van der Waals surface area contributed by atoms with Gasteiger partial charge in [0.15, 0.2) is 0 Å². The second-order valence-corrected chi connectivity index (χ2v) is 7.05. The minimum Gasteiger partial charge on any atom is -0.480 e. The Bertz CT molecular complexity index is 461. The van der Waals surface area contributed by atoms with E-state index >= 15 is 0 Å². The molecule has 0 radical (unpaired) electrons. The van der Waals surface area contributed by atoms with E-state index < -0.39 is 28.0 Å². The molecular weight excluding hydrogens is 268 g/mol. The fourth-order valence-electron chi connectivity index (χ4n) is 2.50. The minimum absolute atomic E-state index is 0.177. The van der Waals surface area contributed by atoms with Gasteiger partial charge in [0.2, 0.25) is 10.0 Å². The van der Waals surface area contributed by atoms with Crippen LogP contribution in [0.5, 0.6) is 0 Å². The third kappa shape index (κ3) is 4.18. The summed E-state index contributed by atoms with van der Waals surface area (Å²) in [4.78, 5) is 10.7. The first kappa shape index (κ1) is 15.9. The Kier molecular flexibility index (Phi) is 5.32. The lowest BCUT2D eigenvalue weighted by atomic mass is 9.91. The van der Waals surface area contributed by atoms with E-state index in [-0.39, 0.29) is 12.3 Å². The molecular formula is C12H20N2O4S. The fraction of sp³-hybridized carbons (Fsp3) is 0.833. The maximum absolute atomic E-state index is 12.3. The van der Waals surface area contributed by atoms with Gasteiger partial charge < -0.3 is 5.11 Å². The lowest BCUT2D eigenvalue weighted by Gasteiger charge is -2.25. The van der Waals surface area contributed by atoms with E-state index in [1.54, 1.807) is 6.92 Å². The average molecular weight is 288 g/mol. The van der Waals surface area contributed by atoms with Crippen LogP contribution >= 0.6 is 0 Å². The molecule has 0 aromatic heterocycles. The first-order valence-corrected chi connectivity index (χ1v) is 8.07. The predicted molar refractivity (Wildman–Crippen MR) is 69.8 cm³/mol. The molecule has 0 unspecified atom stereocenters. The SMILES string of the molecule is CCCN(CC(=O)O)S(=O)(=O)CC1(C#N)CCCC1. The zero-order chi connectivity index (χ0) is 14.5. The molecule has 0 aliphatic heterocycles. The third-order valence-electron chi connectivity index (χ3n) is 3.43. The van der Waals surface area contributed by atoms with Crippen molar-refractivity contribution in [3.63, 3.8) is 0 Å². The van der Waals surface area contributed by atoms with E-state index in [1.165, 1.54) is 0 Å². The number of nitriles is 1. The molecule has 7 heteroatoms. The van der Waals surface area contributed by atoms with Crippen molar-refractivity contribution >= 4 is 16.0 Å². The zero-order valence-electron chi connectivity index (χ0n) is 11.1. The molecule has 0 aromatic carbocycles. The number of hydrogen-bond donors (Lipinski definition) is 1. The number of aliphatic carboxylic acids is 1. The third-order valence-corrected chi connectivity index (χ3v) is 5.45. The molecule has 0 atom stereocenters. The van der Waals surface area contributed by atoms with E-state index in [1.807, 2.05) is 0 Å². The Balaban J connectivity index is 2.88. The summed E-state index contributed by atoms with van der Waals surface area (Å²) < 4.78 is 25.6. The van der Waals surface area contributed by atoms with Crippen LogP contribution in [0.3, 0.4) is 0 Å². The van der Waals surface area contributed by atoms with Crippen LogP contribution in [-0.4, -0.2) is 42.6 Å². The van der Waals surface area contributed by atoms with Crippen molar-refractivity contribution in [1.29, 1.82) is 5.26 Å². The molecule has 0 spiro atoms. The highest BCUT2D eigenvalue weighted by Crippen LogP contribution is 2.39. The van der Waals surface area contributed by atoms with Crippen molar-refractivity contribution in [2.75, 3.05) is 18.8 Å². The standard InChI is InChI=1S/C12H20N2O4S/c1-2-7-14(8-11(15)16)19(17,18)10-12(9-13)5-3-4-6-12/h2-8,10H2,1H3,(H,15,16). The Morgan fingerprint density at radius 3 is 2.42 bits per heavy atom. The summed E-state index contributed by atoms with van der Waals surface area (Å²) in [5.74, 6) is -1.43. The van der Waals surface area contributed by atoms with E-state index in [4.69, 9.17) is 5.11 Å². The van der Waals surface area contributed by atoms with Crippen LogP contribution in [-0.2, 0) is 14.8 Å². The van der Waals surface area contributed by atoms with Crippen LogP contribution in [0.2, 0.25) is 0 Å². The molecule has 1 fully saturated rings. The molecule has 0 heterocycles. The number of carboxylic acids is 1. The van der Waals surface area contributed by atoms with Crippen molar-refractivity contribution < 1.29 is 18.3 Å². The smallest absolute Gasteiger partial charge is 0.318 e. The molecule has 6 nitrogen and oxygen atoms in total. The Labute approximate surface area is 114 Å². The van der Waals surface area contributed by atoms with Gasteiger partial charge in [0.1, 0.15) is 6.54 Å². The van der Waals surface area contributed by atoms with Gasteiger partial charge in [-0.05, 0) is 19.3 Å². The van der Waals surface area contributed by atoms with E-state index in [9.17, 15) is 18.5 Å². The lowest BCUT2D eigenvalue weighted by Crippen LogP contribution is -2.41. The normalized spacial score (nSPS) is 18.4. The van der Waals surface area contributed by atoms with Crippen molar-refractivity contribution in [2.45, 2.75) is 39.0 Å². The quantitative estimate of drug-likeness (QED) is 0.759. The van der Waals surface area contributed by atoms with Gasteiger partial charge >= 0.3 is 5.97 Å². The molecule has 19 heavy (non-hydrogen) atoms. The highest BCUT2D eigenvalue weighted by molar-refractivity contribution is 7.89. The molecule has 1 aliphatic carbocycles. The molecule has 0 saturated heterocycles. The molecule has 0 amide bonds. The fourth-order valence-corrected chi connectivity index (χ4v) is 4.50. The monoisotopic (exact) mass is 288 g/mol. The summed E-state index contributed by atoms with van der Waals surface area (Å²) in [7, 11) is -3.70. The van der Waals surface area contributed by atoms with Crippen LogP contribution in [0.1, 0.15) is 39.0 Å². The maximum atomic E-state index is 12.3. The topological polar surface area (TPSA) is 98.5 Å². The van der Waals surface area contributed by atoms with Crippen molar-refractivity contribution in [3.8, 4) is 6.07 Å². The molecule has 108 valence electrons.